The smallest absolute Gasteiger partial charge is 0.311 e. The molecule has 1 aliphatic heterocycles. The summed E-state index contributed by atoms with van der Waals surface area (Å²) in [4.78, 5) is 22.3. The molecule has 0 spiro atoms. The lowest BCUT2D eigenvalue weighted by Gasteiger charge is -2.45. The van der Waals surface area contributed by atoms with Crippen molar-refractivity contribution in [1.29, 1.82) is 0 Å². The third-order valence-electron chi connectivity index (χ3n) is 5.11. The molecule has 2 rings (SSSR count). The largest absolute Gasteiger partial charge is 0.435 e. The van der Waals surface area contributed by atoms with Gasteiger partial charge in [0.2, 0.25) is 12.1 Å². The maximum absolute atomic E-state index is 12.1. The van der Waals surface area contributed by atoms with Crippen molar-refractivity contribution in [3.63, 3.8) is 0 Å². The number of rotatable bonds is 6. The Bertz CT molecular complexity index is 353. The Morgan fingerprint density at radius 3 is 2.38 bits per heavy atom. The van der Waals surface area contributed by atoms with E-state index in [-0.39, 0.29) is 17.8 Å². The van der Waals surface area contributed by atoms with Crippen LogP contribution in [0.5, 0.6) is 0 Å². The van der Waals surface area contributed by atoms with Crippen LogP contribution in [0.25, 0.3) is 0 Å². The number of carbonyl (C=O) groups excluding carboxylic acids is 1. The Labute approximate surface area is 127 Å². The summed E-state index contributed by atoms with van der Waals surface area (Å²) in [6.07, 6.45) is 5.24. The highest BCUT2D eigenvalue weighted by Crippen LogP contribution is 2.44. The summed E-state index contributed by atoms with van der Waals surface area (Å²) in [6.45, 7) is 5.93. The van der Waals surface area contributed by atoms with Crippen LogP contribution < -0.4 is 0 Å². The van der Waals surface area contributed by atoms with E-state index in [2.05, 4.69) is 0 Å². The molecule has 1 saturated heterocycles. The second-order valence-corrected chi connectivity index (χ2v) is 6.19. The molecule has 0 N–H and O–H groups in total. The van der Waals surface area contributed by atoms with Crippen LogP contribution in [0.3, 0.4) is 0 Å². The molecule has 0 bridgehead atoms. The van der Waals surface area contributed by atoms with Crippen molar-refractivity contribution in [1.82, 2.24) is 0 Å². The molecular weight excluding hydrogens is 272 g/mol. The van der Waals surface area contributed by atoms with Crippen LogP contribution in [0.2, 0.25) is 0 Å². The Hall–Kier alpha value is -0.650. The first-order chi connectivity index (χ1) is 10.1. The van der Waals surface area contributed by atoms with Crippen LogP contribution in [0, 0.1) is 17.8 Å². The van der Waals surface area contributed by atoms with Gasteiger partial charge in [-0.25, -0.2) is 9.78 Å². The molecule has 5 heteroatoms. The van der Waals surface area contributed by atoms with E-state index in [1.54, 1.807) is 0 Å². The predicted octanol–water partition coefficient (Wildman–Crippen LogP) is 3.42. The maximum atomic E-state index is 12.1. The van der Waals surface area contributed by atoms with Gasteiger partial charge in [0, 0.05) is 18.8 Å². The van der Waals surface area contributed by atoms with Crippen LogP contribution in [0.4, 0.5) is 0 Å². The number of carbonyl (C=O) groups is 1. The molecule has 5 nitrogen and oxygen atoms in total. The van der Waals surface area contributed by atoms with Crippen molar-refractivity contribution < 1.29 is 24.0 Å². The van der Waals surface area contributed by atoms with Gasteiger partial charge < -0.3 is 9.47 Å². The molecule has 0 amide bonds. The molecule has 0 aromatic rings. The monoisotopic (exact) mass is 300 g/mol. The van der Waals surface area contributed by atoms with Crippen molar-refractivity contribution in [2.45, 2.75) is 71.4 Å². The fraction of sp³-hybridized carbons (Fsp3) is 0.938. The fourth-order valence-electron chi connectivity index (χ4n) is 3.66. The number of hydrogen-bond acceptors (Lipinski definition) is 5. The third-order valence-corrected chi connectivity index (χ3v) is 5.11. The van der Waals surface area contributed by atoms with E-state index >= 15 is 0 Å². The van der Waals surface area contributed by atoms with Gasteiger partial charge in [-0.3, -0.25) is 4.79 Å². The molecule has 0 aromatic carbocycles. The van der Waals surface area contributed by atoms with Gasteiger partial charge in [-0.2, -0.15) is 0 Å². The van der Waals surface area contributed by atoms with Crippen molar-refractivity contribution in [3.8, 4) is 0 Å². The topological polar surface area (TPSA) is 54.0 Å². The van der Waals surface area contributed by atoms with Gasteiger partial charge in [0.05, 0.1) is 13.0 Å². The first-order valence-corrected chi connectivity index (χ1v) is 8.17. The quantitative estimate of drug-likeness (QED) is 0.325. The van der Waals surface area contributed by atoms with E-state index < -0.39 is 12.1 Å². The molecule has 122 valence electrons. The van der Waals surface area contributed by atoms with Crippen LogP contribution in [-0.2, 0) is 24.0 Å². The highest BCUT2D eigenvalue weighted by molar-refractivity contribution is 5.73. The Morgan fingerprint density at radius 1 is 1.19 bits per heavy atom. The lowest BCUT2D eigenvalue weighted by Crippen LogP contribution is -2.51. The van der Waals surface area contributed by atoms with Gasteiger partial charge >= 0.3 is 5.97 Å². The van der Waals surface area contributed by atoms with Gasteiger partial charge in [-0.15, -0.1) is 0 Å². The minimum atomic E-state index is -0.845. The molecule has 2 aliphatic rings. The zero-order valence-electron chi connectivity index (χ0n) is 13.6. The summed E-state index contributed by atoms with van der Waals surface area (Å²) in [5, 5.41) is 0. The van der Waals surface area contributed by atoms with Crippen molar-refractivity contribution in [3.05, 3.63) is 0 Å². The molecule has 0 radical (unpaired) electrons. The second-order valence-electron chi connectivity index (χ2n) is 6.19. The van der Waals surface area contributed by atoms with Gasteiger partial charge in [0.15, 0.2) is 0 Å². The molecule has 4 unspecified atom stereocenters. The minimum absolute atomic E-state index is 0.0313. The third kappa shape index (κ3) is 3.41. The zero-order chi connectivity index (χ0) is 15.5. The van der Waals surface area contributed by atoms with Crippen molar-refractivity contribution in [2.24, 2.45) is 17.8 Å². The Kier molecular flexibility index (Phi) is 5.63. The lowest BCUT2D eigenvalue weighted by molar-refractivity contribution is -0.446. The molecule has 21 heavy (non-hydrogen) atoms. The average Bonchev–Trinajstić information content (AvgIpc) is 2.51. The molecule has 2 fully saturated rings. The van der Waals surface area contributed by atoms with Gasteiger partial charge in [0.25, 0.3) is 0 Å². The van der Waals surface area contributed by atoms with Gasteiger partial charge in [-0.05, 0) is 18.8 Å². The molecule has 4 atom stereocenters. The molecule has 0 aromatic heterocycles. The molecular formula is C16H28O5. The van der Waals surface area contributed by atoms with E-state index in [4.69, 9.17) is 19.2 Å². The fourth-order valence-corrected chi connectivity index (χ4v) is 3.66. The lowest BCUT2D eigenvalue weighted by atomic mass is 9.71. The Morgan fingerprint density at radius 2 is 1.81 bits per heavy atom. The van der Waals surface area contributed by atoms with Crippen LogP contribution in [-0.4, -0.2) is 25.2 Å². The summed E-state index contributed by atoms with van der Waals surface area (Å²) < 4.78 is 11.7. The van der Waals surface area contributed by atoms with Crippen LogP contribution in [0.15, 0.2) is 0 Å². The highest BCUT2D eigenvalue weighted by atomic mass is 17.2. The summed E-state index contributed by atoms with van der Waals surface area (Å²) in [5.41, 5.74) is 0. The SMILES string of the molecule is CCC(CC)(OOC)OC1OC(=O)C(C)C2CCCCC12. The van der Waals surface area contributed by atoms with Crippen molar-refractivity contribution >= 4 is 5.97 Å². The van der Waals surface area contributed by atoms with E-state index in [9.17, 15) is 4.79 Å². The van der Waals surface area contributed by atoms with E-state index in [1.807, 2.05) is 20.8 Å². The van der Waals surface area contributed by atoms with E-state index in [1.165, 1.54) is 20.0 Å². The number of fused-ring (bicyclic) bond motifs is 1. The number of esters is 1. The summed E-state index contributed by atoms with van der Waals surface area (Å²) in [5.74, 6) is -0.399. The number of ether oxygens (including phenoxy) is 2. The average molecular weight is 300 g/mol. The highest BCUT2D eigenvalue weighted by Gasteiger charge is 2.48. The predicted molar refractivity (Wildman–Crippen MR) is 77.0 cm³/mol. The second kappa shape index (κ2) is 7.07. The molecule has 1 aliphatic carbocycles. The standard InChI is InChI=1S/C16H28O5/c1-5-16(6-2,21-18-4)20-15-13-10-8-7-9-12(13)11(3)14(17)19-15/h11-13,15H,5-10H2,1-4H3. The zero-order valence-corrected chi connectivity index (χ0v) is 13.6. The number of hydrogen-bond donors (Lipinski definition) is 0. The van der Waals surface area contributed by atoms with Gasteiger partial charge in [-0.1, -0.05) is 33.6 Å². The van der Waals surface area contributed by atoms with Crippen LogP contribution >= 0.6 is 0 Å². The summed E-state index contributed by atoms with van der Waals surface area (Å²) in [7, 11) is 1.47. The van der Waals surface area contributed by atoms with E-state index in [0.717, 1.165) is 12.8 Å². The number of cyclic esters (lactones) is 1. The maximum Gasteiger partial charge on any atom is 0.311 e. The van der Waals surface area contributed by atoms with Crippen LogP contribution in [0.1, 0.15) is 59.3 Å². The summed E-state index contributed by atoms with van der Waals surface area (Å²) >= 11 is 0. The first-order valence-electron chi connectivity index (χ1n) is 8.17. The summed E-state index contributed by atoms with van der Waals surface area (Å²) in [6, 6.07) is 0. The van der Waals surface area contributed by atoms with E-state index in [0.29, 0.717) is 18.8 Å². The Balaban J connectivity index is 2.14. The van der Waals surface area contributed by atoms with Crippen molar-refractivity contribution in [2.75, 3.05) is 7.11 Å². The first kappa shape index (κ1) is 16.7. The normalized spacial score (nSPS) is 33.4. The van der Waals surface area contributed by atoms with Gasteiger partial charge in [0.1, 0.15) is 0 Å². The minimum Gasteiger partial charge on any atom is -0.435 e. The molecule has 1 heterocycles. The molecule has 1 saturated carbocycles.